The van der Waals surface area contributed by atoms with Gasteiger partial charge < -0.3 is 15.2 Å². The number of halogens is 1. The van der Waals surface area contributed by atoms with Gasteiger partial charge in [-0.05, 0) is 53.1 Å². The Labute approximate surface area is 190 Å². The molecule has 0 bridgehead atoms. The molecule has 0 saturated heterocycles. The number of nitrogens with two attached hydrogens (primary N) is 1. The number of urea groups is 1. The first-order chi connectivity index (χ1) is 15.4. The van der Waals surface area contributed by atoms with Gasteiger partial charge in [0.05, 0.1) is 11.6 Å². The molecule has 0 fully saturated rings. The predicted molar refractivity (Wildman–Crippen MR) is 122 cm³/mol. The zero-order chi connectivity index (χ0) is 23.1. The highest BCUT2D eigenvalue weighted by atomic mass is 35.5. The van der Waals surface area contributed by atoms with Crippen LogP contribution in [0.3, 0.4) is 0 Å². The van der Waals surface area contributed by atoms with Gasteiger partial charge in [-0.15, -0.1) is 0 Å². The number of ether oxygens (including phenoxy) is 2. The third-order valence-corrected chi connectivity index (χ3v) is 4.72. The highest BCUT2D eigenvalue weighted by Gasteiger charge is 2.15. The molecular weight excluding hydrogens is 430 g/mol. The van der Waals surface area contributed by atoms with Crippen LogP contribution in [0.15, 0.2) is 60.2 Å². The lowest BCUT2D eigenvalue weighted by Crippen LogP contribution is -2.35. The van der Waals surface area contributed by atoms with Crippen molar-refractivity contribution >= 4 is 40.4 Å². The van der Waals surface area contributed by atoms with Crippen molar-refractivity contribution in [3.8, 4) is 17.6 Å². The van der Waals surface area contributed by atoms with Crippen molar-refractivity contribution in [2.45, 2.75) is 13.5 Å². The number of nitriles is 1. The third kappa shape index (κ3) is 5.56. The number of imide groups is 1. The number of nitrogens with one attached hydrogen (secondary N) is 1. The Morgan fingerprint density at radius 2 is 1.88 bits per heavy atom. The Bertz CT molecular complexity index is 1250. The van der Waals surface area contributed by atoms with Gasteiger partial charge in [0, 0.05) is 0 Å². The van der Waals surface area contributed by atoms with E-state index in [1.165, 1.54) is 12.1 Å². The van der Waals surface area contributed by atoms with Crippen molar-refractivity contribution in [1.29, 1.82) is 5.26 Å². The number of nitrogens with zero attached hydrogens (tertiary/aromatic N) is 1. The number of primary amides is 1. The number of benzene rings is 3. The van der Waals surface area contributed by atoms with Gasteiger partial charge in [0.2, 0.25) is 0 Å². The highest BCUT2D eigenvalue weighted by Crippen LogP contribution is 2.38. The molecular formula is C24H20ClN3O4. The van der Waals surface area contributed by atoms with Gasteiger partial charge in [-0.3, -0.25) is 10.1 Å². The fourth-order valence-electron chi connectivity index (χ4n) is 3.05. The van der Waals surface area contributed by atoms with E-state index in [2.05, 4.69) is 0 Å². The number of hydrogen-bond acceptors (Lipinski definition) is 5. The Morgan fingerprint density at radius 3 is 2.56 bits per heavy atom. The van der Waals surface area contributed by atoms with Gasteiger partial charge in [-0.1, -0.05) is 48.0 Å². The summed E-state index contributed by atoms with van der Waals surface area (Å²) < 4.78 is 11.6. The summed E-state index contributed by atoms with van der Waals surface area (Å²) in [6.07, 6.45) is 1.28. The van der Waals surface area contributed by atoms with Gasteiger partial charge in [-0.25, -0.2) is 4.79 Å². The maximum atomic E-state index is 11.9. The van der Waals surface area contributed by atoms with Crippen LogP contribution in [-0.2, 0) is 11.4 Å². The quantitative estimate of drug-likeness (QED) is 0.405. The Balaban J connectivity index is 1.87. The van der Waals surface area contributed by atoms with Crippen LogP contribution in [0.1, 0.15) is 18.1 Å². The molecule has 0 heterocycles. The molecule has 0 unspecified atom stereocenters. The molecule has 0 spiro atoms. The number of carbonyl (C=O) groups is 2. The van der Waals surface area contributed by atoms with Crippen molar-refractivity contribution in [2.75, 3.05) is 6.61 Å². The maximum Gasteiger partial charge on any atom is 0.319 e. The van der Waals surface area contributed by atoms with Gasteiger partial charge in [0.25, 0.3) is 5.91 Å². The topological polar surface area (TPSA) is 114 Å². The van der Waals surface area contributed by atoms with Crippen molar-refractivity contribution in [2.24, 2.45) is 5.73 Å². The number of hydrogen-bond donors (Lipinski definition) is 2. The first-order valence-corrected chi connectivity index (χ1v) is 10.1. The van der Waals surface area contributed by atoms with E-state index >= 15 is 0 Å². The first kappa shape index (κ1) is 22.7. The lowest BCUT2D eigenvalue weighted by atomic mass is 10.1. The van der Waals surface area contributed by atoms with E-state index in [0.29, 0.717) is 23.7 Å². The third-order valence-electron chi connectivity index (χ3n) is 4.44. The number of amides is 3. The first-order valence-electron chi connectivity index (χ1n) is 9.70. The second-order valence-corrected chi connectivity index (χ2v) is 7.13. The van der Waals surface area contributed by atoms with Gasteiger partial charge >= 0.3 is 6.03 Å². The zero-order valence-corrected chi connectivity index (χ0v) is 18.0. The summed E-state index contributed by atoms with van der Waals surface area (Å²) in [6.45, 7) is 2.43. The minimum Gasteiger partial charge on any atom is -0.490 e. The molecule has 0 aliphatic rings. The molecule has 162 valence electrons. The fourth-order valence-corrected chi connectivity index (χ4v) is 3.33. The zero-order valence-electron chi connectivity index (χ0n) is 17.2. The van der Waals surface area contributed by atoms with Crippen LogP contribution >= 0.6 is 11.6 Å². The summed E-state index contributed by atoms with van der Waals surface area (Å²) in [7, 11) is 0. The van der Waals surface area contributed by atoms with Gasteiger partial charge in [0.15, 0.2) is 11.5 Å². The molecule has 0 aliphatic carbocycles. The molecule has 8 heteroatoms. The van der Waals surface area contributed by atoms with E-state index in [-0.39, 0.29) is 17.2 Å². The average Bonchev–Trinajstić information content (AvgIpc) is 2.76. The Hall–Kier alpha value is -4.02. The SMILES string of the molecule is CCOc1cc(/C=C(/C#N)C(=O)NC(N)=O)cc(Cl)c1OCc1ccc2ccccc2c1. The van der Waals surface area contributed by atoms with Crippen LogP contribution in [0.2, 0.25) is 5.02 Å². The van der Waals surface area contributed by atoms with Crippen molar-refractivity contribution in [3.05, 3.63) is 76.3 Å². The van der Waals surface area contributed by atoms with E-state index in [9.17, 15) is 14.9 Å². The summed E-state index contributed by atoms with van der Waals surface area (Å²) in [4.78, 5) is 22.8. The number of carbonyl (C=O) groups excluding carboxylic acids is 2. The van der Waals surface area contributed by atoms with Crippen molar-refractivity contribution in [3.63, 3.8) is 0 Å². The van der Waals surface area contributed by atoms with Gasteiger partial charge in [-0.2, -0.15) is 5.26 Å². The van der Waals surface area contributed by atoms with Gasteiger partial charge in [0.1, 0.15) is 18.2 Å². The summed E-state index contributed by atoms with van der Waals surface area (Å²) in [5.41, 5.74) is 6.00. The number of rotatable bonds is 7. The lowest BCUT2D eigenvalue weighted by molar-refractivity contribution is -0.115. The molecule has 3 N–H and O–H groups in total. The maximum absolute atomic E-state index is 11.9. The minimum atomic E-state index is -1.05. The second-order valence-electron chi connectivity index (χ2n) is 6.72. The molecule has 7 nitrogen and oxygen atoms in total. The number of fused-ring (bicyclic) bond motifs is 1. The van der Waals surface area contributed by atoms with E-state index in [1.807, 2.05) is 54.7 Å². The summed E-state index contributed by atoms with van der Waals surface area (Å²) in [6, 6.07) is 17.9. The molecule has 3 rings (SSSR count). The standard InChI is InChI=1S/C24H20ClN3O4/c1-2-31-21-12-16(10-19(13-26)23(29)28-24(27)30)11-20(25)22(21)32-14-15-7-8-17-5-3-4-6-18(17)9-15/h3-12H,2,14H2,1H3,(H3,27,28,29,30)/b19-10-. The van der Waals surface area contributed by atoms with Crippen LogP contribution in [0.5, 0.6) is 11.5 Å². The predicted octanol–water partition coefficient (Wildman–Crippen LogP) is 4.57. The Morgan fingerprint density at radius 1 is 1.12 bits per heavy atom. The average molecular weight is 450 g/mol. The molecule has 0 radical (unpaired) electrons. The van der Waals surface area contributed by atoms with E-state index < -0.39 is 11.9 Å². The van der Waals surface area contributed by atoms with Crippen LogP contribution in [0.4, 0.5) is 4.79 Å². The summed E-state index contributed by atoms with van der Waals surface area (Å²) in [5, 5.41) is 13.6. The highest BCUT2D eigenvalue weighted by molar-refractivity contribution is 6.32. The van der Waals surface area contributed by atoms with E-state index in [0.717, 1.165) is 16.3 Å². The molecule has 3 amide bonds. The molecule has 0 saturated carbocycles. The lowest BCUT2D eigenvalue weighted by Gasteiger charge is -2.15. The Kier molecular flexibility index (Phi) is 7.32. The molecule has 3 aromatic carbocycles. The van der Waals surface area contributed by atoms with Crippen LogP contribution in [-0.4, -0.2) is 18.5 Å². The van der Waals surface area contributed by atoms with E-state index in [4.69, 9.17) is 26.8 Å². The second kappa shape index (κ2) is 10.3. The molecule has 3 aromatic rings. The molecule has 0 aliphatic heterocycles. The van der Waals surface area contributed by atoms with Crippen molar-refractivity contribution in [1.82, 2.24) is 5.32 Å². The minimum absolute atomic E-state index is 0.246. The fraction of sp³-hybridized carbons (Fsp3) is 0.125. The van der Waals surface area contributed by atoms with Crippen molar-refractivity contribution < 1.29 is 19.1 Å². The summed E-state index contributed by atoms with van der Waals surface area (Å²) in [5.74, 6) is -0.204. The molecule has 0 aromatic heterocycles. The van der Waals surface area contributed by atoms with Crippen LogP contribution in [0.25, 0.3) is 16.8 Å². The summed E-state index contributed by atoms with van der Waals surface area (Å²) >= 11 is 6.43. The van der Waals surface area contributed by atoms with Crippen LogP contribution in [0, 0.1) is 11.3 Å². The largest absolute Gasteiger partial charge is 0.490 e. The monoisotopic (exact) mass is 449 g/mol. The van der Waals surface area contributed by atoms with E-state index in [1.54, 1.807) is 12.1 Å². The molecule has 32 heavy (non-hydrogen) atoms. The van der Waals surface area contributed by atoms with Crippen LogP contribution < -0.4 is 20.5 Å². The smallest absolute Gasteiger partial charge is 0.319 e. The normalized spacial score (nSPS) is 11.0. The molecule has 0 atom stereocenters.